The normalized spacial score (nSPS) is 28.0. The van der Waals surface area contributed by atoms with Crippen molar-refractivity contribution in [3.63, 3.8) is 0 Å². The fourth-order valence-corrected chi connectivity index (χ4v) is 3.95. The van der Waals surface area contributed by atoms with Gasteiger partial charge in [-0.3, -0.25) is 0 Å². The average Bonchev–Trinajstić information content (AvgIpc) is 2.50. The van der Waals surface area contributed by atoms with Crippen LogP contribution in [-0.4, -0.2) is 24.2 Å². The summed E-state index contributed by atoms with van der Waals surface area (Å²) >= 11 is 2.01. The van der Waals surface area contributed by atoms with Crippen molar-refractivity contribution >= 4 is 11.8 Å². The van der Waals surface area contributed by atoms with E-state index in [2.05, 4.69) is 29.6 Å². The number of nitrogens with one attached hydrogen (secondary N) is 1. The van der Waals surface area contributed by atoms with Gasteiger partial charge >= 0.3 is 0 Å². The molecule has 1 aromatic carbocycles. The zero-order valence-electron chi connectivity index (χ0n) is 11.4. The van der Waals surface area contributed by atoms with Crippen molar-refractivity contribution in [3.05, 3.63) is 29.8 Å². The Balaban J connectivity index is 1.58. The van der Waals surface area contributed by atoms with Gasteiger partial charge in [0, 0.05) is 11.8 Å². The van der Waals surface area contributed by atoms with Crippen molar-refractivity contribution < 1.29 is 4.74 Å². The molecule has 2 aliphatic rings. The maximum atomic E-state index is 6.06. The first kappa shape index (κ1) is 13.3. The predicted octanol–water partition coefficient (Wildman–Crippen LogP) is 3.78. The van der Waals surface area contributed by atoms with E-state index in [-0.39, 0.29) is 0 Å². The Kier molecular flexibility index (Phi) is 4.67. The minimum Gasteiger partial charge on any atom is -0.490 e. The van der Waals surface area contributed by atoms with Crippen LogP contribution in [0.3, 0.4) is 0 Å². The van der Waals surface area contributed by atoms with Crippen LogP contribution in [0.2, 0.25) is 0 Å². The fraction of sp³-hybridized carbons (Fsp3) is 0.625. The molecule has 0 aromatic heterocycles. The molecule has 0 radical (unpaired) electrons. The molecular formula is C16H23NOS. The molecule has 0 bridgehead atoms. The first-order valence-corrected chi connectivity index (χ1v) is 8.65. The smallest absolute Gasteiger partial charge is 0.119 e. The Hall–Kier alpha value is -0.670. The summed E-state index contributed by atoms with van der Waals surface area (Å²) in [5, 5.41) is 3.59. The van der Waals surface area contributed by atoms with Gasteiger partial charge in [0.25, 0.3) is 0 Å². The molecule has 2 aliphatic heterocycles. The first-order chi connectivity index (χ1) is 9.42. The molecule has 19 heavy (non-hydrogen) atoms. The van der Waals surface area contributed by atoms with E-state index in [0.29, 0.717) is 12.1 Å². The number of thioether (sulfide) groups is 1. The third kappa shape index (κ3) is 3.67. The summed E-state index contributed by atoms with van der Waals surface area (Å²) in [6, 6.07) is 9.30. The van der Waals surface area contributed by atoms with Gasteiger partial charge in [-0.1, -0.05) is 18.6 Å². The maximum absolute atomic E-state index is 6.06. The van der Waals surface area contributed by atoms with Crippen LogP contribution in [0.15, 0.2) is 24.3 Å². The Labute approximate surface area is 120 Å². The fourth-order valence-electron chi connectivity index (χ4n) is 2.91. The van der Waals surface area contributed by atoms with Gasteiger partial charge in [-0.15, -0.1) is 0 Å². The SMILES string of the molecule is c1cc(C2CCCCN2)ccc1OC1CCCSC1. The number of ether oxygens (including phenoxy) is 1. The number of benzene rings is 1. The minimum atomic E-state index is 0.414. The lowest BCUT2D eigenvalue weighted by atomic mass is 9.97. The molecule has 0 aliphatic carbocycles. The number of rotatable bonds is 3. The average molecular weight is 277 g/mol. The molecule has 3 rings (SSSR count). The second-order valence-corrected chi connectivity index (χ2v) is 6.68. The highest BCUT2D eigenvalue weighted by molar-refractivity contribution is 7.99. The van der Waals surface area contributed by atoms with Crippen LogP contribution in [0, 0.1) is 0 Å². The van der Waals surface area contributed by atoms with Crippen molar-refractivity contribution in [2.24, 2.45) is 0 Å². The Morgan fingerprint density at radius 1 is 1.05 bits per heavy atom. The van der Waals surface area contributed by atoms with Gasteiger partial charge in [-0.05, 0) is 55.7 Å². The van der Waals surface area contributed by atoms with E-state index in [9.17, 15) is 0 Å². The van der Waals surface area contributed by atoms with Crippen LogP contribution in [0.4, 0.5) is 0 Å². The molecule has 2 heterocycles. The van der Waals surface area contributed by atoms with Crippen LogP contribution in [0.5, 0.6) is 5.75 Å². The molecule has 3 heteroatoms. The quantitative estimate of drug-likeness (QED) is 0.908. The lowest BCUT2D eigenvalue weighted by Gasteiger charge is -2.25. The van der Waals surface area contributed by atoms with E-state index in [1.807, 2.05) is 11.8 Å². The molecule has 0 amide bonds. The van der Waals surface area contributed by atoms with Gasteiger partial charge in [-0.2, -0.15) is 11.8 Å². The van der Waals surface area contributed by atoms with Crippen LogP contribution in [-0.2, 0) is 0 Å². The molecule has 2 unspecified atom stereocenters. The van der Waals surface area contributed by atoms with Crippen molar-refractivity contribution in [2.75, 3.05) is 18.1 Å². The van der Waals surface area contributed by atoms with E-state index < -0.39 is 0 Å². The lowest BCUT2D eigenvalue weighted by Crippen LogP contribution is -2.26. The molecule has 2 nitrogen and oxygen atoms in total. The second kappa shape index (κ2) is 6.67. The van der Waals surface area contributed by atoms with Crippen molar-refractivity contribution in [1.82, 2.24) is 5.32 Å². The molecule has 1 N–H and O–H groups in total. The van der Waals surface area contributed by atoms with E-state index >= 15 is 0 Å². The second-order valence-electron chi connectivity index (χ2n) is 5.53. The zero-order chi connectivity index (χ0) is 12.9. The third-order valence-corrected chi connectivity index (χ3v) is 5.20. The monoisotopic (exact) mass is 277 g/mol. The number of hydrogen-bond donors (Lipinski definition) is 1. The standard InChI is InChI=1S/C16H23NOS/c1-2-10-17-16(5-1)13-6-8-14(9-7-13)18-15-4-3-11-19-12-15/h6-9,15-17H,1-5,10-12H2. The summed E-state index contributed by atoms with van der Waals surface area (Å²) in [4.78, 5) is 0. The van der Waals surface area contributed by atoms with Gasteiger partial charge in [0.2, 0.25) is 0 Å². The van der Waals surface area contributed by atoms with Crippen LogP contribution >= 0.6 is 11.8 Å². The lowest BCUT2D eigenvalue weighted by molar-refractivity contribution is 0.211. The highest BCUT2D eigenvalue weighted by Gasteiger charge is 2.17. The van der Waals surface area contributed by atoms with E-state index in [4.69, 9.17) is 4.74 Å². The molecule has 0 saturated carbocycles. The van der Waals surface area contributed by atoms with Gasteiger partial charge in [0.05, 0.1) is 0 Å². The summed E-state index contributed by atoms with van der Waals surface area (Å²) < 4.78 is 6.06. The highest BCUT2D eigenvalue weighted by atomic mass is 32.2. The Morgan fingerprint density at radius 3 is 2.63 bits per heavy atom. The molecule has 2 atom stereocenters. The van der Waals surface area contributed by atoms with Crippen molar-refractivity contribution in [2.45, 2.75) is 44.2 Å². The van der Waals surface area contributed by atoms with Gasteiger partial charge in [0.1, 0.15) is 11.9 Å². The Morgan fingerprint density at radius 2 is 1.95 bits per heavy atom. The number of piperidine rings is 1. The van der Waals surface area contributed by atoms with Crippen molar-refractivity contribution in [1.29, 1.82) is 0 Å². The zero-order valence-corrected chi connectivity index (χ0v) is 12.3. The summed E-state index contributed by atoms with van der Waals surface area (Å²) in [5.74, 6) is 3.48. The molecule has 2 saturated heterocycles. The summed E-state index contributed by atoms with van der Waals surface area (Å²) in [7, 11) is 0. The molecule has 1 aromatic rings. The first-order valence-electron chi connectivity index (χ1n) is 7.49. The highest BCUT2D eigenvalue weighted by Crippen LogP contribution is 2.26. The predicted molar refractivity (Wildman–Crippen MR) is 82.0 cm³/mol. The molecule has 2 fully saturated rings. The number of hydrogen-bond acceptors (Lipinski definition) is 3. The summed E-state index contributed by atoms with van der Waals surface area (Å²) in [6.45, 7) is 1.15. The van der Waals surface area contributed by atoms with Crippen molar-refractivity contribution in [3.8, 4) is 5.75 Å². The molecule has 0 spiro atoms. The summed E-state index contributed by atoms with van der Waals surface area (Å²) in [5.41, 5.74) is 1.41. The summed E-state index contributed by atoms with van der Waals surface area (Å²) in [6.07, 6.45) is 6.83. The molecular weight excluding hydrogens is 254 g/mol. The van der Waals surface area contributed by atoms with E-state index in [0.717, 1.165) is 18.0 Å². The van der Waals surface area contributed by atoms with E-state index in [1.165, 1.54) is 43.4 Å². The largest absolute Gasteiger partial charge is 0.490 e. The maximum Gasteiger partial charge on any atom is 0.119 e. The minimum absolute atomic E-state index is 0.414. The topological polar surface area (TPSA) is 21.3 Å². The molecule has 104 valence electrons. The van der Waals surface area contributed by atoms with Gasteiger partial charge in [0.15, 0.2) is 0 Å². The van der Waals surface area contributed by atoms with Gasteiger partial charge < -0.3 is 10.1 Å². The van der Waals surface area contributed by atoms with Crippen LogP contribution in [0.1, 0.15) is 43.7 Å². The van der Waals surface area contributed by atoms with Crippen LogP contribution < -0.4 is 10.1 Å². The van der Waals surface area contributed by atoms with Gasteiger partial charge in [-0.25, -0.2) is 0 Å². The van der Waals surface area contributed by atoms with E-state index in [1.54, 1.807) is 0 Å². The Bertz CT molecular complexity index is 380. The van der Waals surface area contributed by atoms with Crippen LogP contribution in [0.25, 0.3) is 0 Å². The third-order valence-electron chi connectivity index (χ3n) is 4.01.